The summed E-state index contributed by atoms with van der Waals surface area (Å²) >= 11 is 0. The van der Waals surface area contributed by atoms with E-state index in [1.54, 1.807) is 23.8 Å². The lowest BCUT2D eigenvalue weighted by molar-refractivity contribution is -0.557. The van der Waals surface area contributed by atoms with Crippen LogP contribution in [0.3, 0.4) is 0 Å². The molecule has 1 unspecified atom stereocenters. The number of hydrogen-bond donors (Lipinski definition) is 0. The number of aliphatic imine (C=N–C) groups is 1. The molecule has 0 aromatic heterocycles. The molecule has 1 saturated heterocycles. The molecule has 1 fully saturated rings. The number of para-hydroxylation sites is 1. The smallest absolute Gasteiger partial charge is 0.386 e. The Hall–Kier alpha value is -3.55. The predicted molar refractivity (Wildman–Crippen MR) is 104 cm³/mol. The zero-order chi connectivity index (χ0) is 20.7. The topological polar surface area (TPSA) is 65.2 Å². The van der Waals surface area contributed by atoms with E-state index >= 15 is 0 Å². The van der Waals surface area contributed by atoms with Gasteiger partial charge in [0, 0.05) is 19.1 Å². The molecule has 7 nitrogen and oxygen atoms in total. The molecule has 2 heterocycles. The third-order valence-electron chi connectivity index (χ3n) is 5.13. The molecule has 1 atom stereocenters. The van der Waals surface area contributed by atoms with E-state index in [0.717, 1.165) is 16.0 Å². The number of aryl methyl sites for hydroxylation is 1. The molecule has 8 heteroatoms. The number of carbonyl (C=O) groups excluding carboxylic acids is 2. The summed E-state index contributed by atoms with van der Waals surface area (Å²) in [6.45, 7) is 2.28. The largest absolute Gasteiger partial charge is 0.502 e. The summed E-state index contributed by atoms with van der Waals surface area (Å²) in [5.41, 5.74) is 2.00. The second kappa shape index (κ2) is 7.12. The number of imide groups is 1. The number of ether oxygens (including phenoxy) is 1. The Labute approximate surface area is 167 Å². The molecule has 3 amide bonds. The number of amidine groups is 2. The summed E-state index contributed by atoms with van der Waals surface area (Å²) in [5, 5.41) is 0. The van der Waals surface area contributed by atoms with Crippen molar-refractivity contribution in [2.45, 2.75) is 19.5 Å². The Morgan fingerprint density at radius 2 is 1.76 bits per heavy atom. The van der Waals surface area contributed by atoms with Crippen LogP contribution in [-0.2, 0) is 11.3 Å². The molecule has 4 rings (SSSR count). The van der Waals surface area contributed by atoms with Gasteiger partial charge in [-0.15, -0.1) is 0 Å². The Kier molecular flexibility index (Phi) is 4.62. The van der Waals surface area contributed by atoms with Crippen LogP contribution in [0.1, 0.15) is 11.1 Å². The van der Waals surface area contributed by atoms with Crippen molar-refractivity contribution in [1.29, 1.82) is 0 Å². The lowest BCUT2D eigenvalue weighted by atomic mass is 10.1. The van der Waals surface area contributed by atoms with Crippen molar-refractivity contribution in [2.24, 2.45) is 4.99 Å². The number of likely N-dealkylation sites (N-methyl/N-ethyl adjacent to an activating group) is 2. The number of benzene rings is 2. The van der Waals surface area contributed by atoms with E-state index in [0.29, 0.717) is 6.54 Å². The molecule has 0 bridgehead atoms. The molecule has 0 N–H and O–H groups in total. The standard InChI is InChI=1S/C21H20FN4O3/c1-13-8-4-5-9-14(13)12-26-17-18(24(2)21(28)25(3)19(17)27)23-20(26)29-16-11-7-6-10-15(16)22/h4-11,17H,12H2,1-3H3/q+1. The number of amides is 3. The van der Waals surface area contributed by atoms with Crippen molar-refractivity contribution in [1.82, 2.24) is 9.80 Å². The zero-order valence-electron chi connectivity index (χ0n) is 16.3. The third kappa shape index (κ3) is 3.16. The van der Waals surface area contributed by atoms with Gasteiger partial charge in [-0.1, -0.05) is 36.4 Å². The van der Waals surface area contributed by atoms with Gasteiger partial charge in [-0.2, -0.15) is 4.58 Å². The van der Waals surface area contributed by atoms with Crippen LogP contribution in [0.5, 0.6) is 5.75 Å². The highest BCUT2D eigenvalue weighted by Crippen LogP contribution is 2.24. The Morgan fingerprint density at radius 3 is 2.48 bits per heavy atom. The van der Waals surface area contributed by atoms with Crippen molar-refractivity contribution < 1.29 is 23.3 Å². The second-order valence-electron chi connectivity index (χ2n) is 6.98. The average molecular weight is 395 g/mol. The van der Waals surface area contributed by atoms with Gasteiger partial charge in [-0.05, 0) is 30.2 Å². The number of carbonyl (C=O) groups is 2. The van der Waals surface area contributed by atoms with E-state index in [2.05, 4.69) is 4.99 Å². The Morgan fingerprint density at radius 1 is 1.07 bits per heavy atom. The molecule has 0 spiro atoms. The fourth-order valence-corrected chi connectivity index (χ4v) is 3.41. The van der Waals surface area contributed by atoms with Crippen LogP contribution in [0.15, 0.2) is 53.5 Å². The molecular formula is C21H20FN4O3+. The summed E-state index contributed by atoms with van der Waals surface area (Å²) in [4.78, 5) is 32.0. The lowest BCUT2D eigenvalue weighted by Crippen LogP contribution is -2.61. The molecular weight excluding hydrogens is 375 g/mol. The number of halogens is 1. The number of rotatable bonds is 3. The zero-order valence-corrected chi connectivity index (χ0v) is 16.3. The van der Waals surface area contributed by atoms with Crippen LogP contribution in [-0.4, -0.2) is 58.3 Å². The molecule has 2 aliphatic rings. The molecule has 0 radical (unpaired) electrons. The first-order chi connectivity index (χ1) is 13.9. The fourth-order valence-electron chi connectivity index (χ4n) is 3.41. The predicted octanol–water partition coefficient (Wildman–Crippen LogP) is 2.39. The van der Waals surface area contributed by atoms with Crippen LogP contribution in [0.2, 0.25) is 0 Å². The summed E-state index contributed by atoms with van der Waals surface area (Å²) in [6, 6.07) is 12.5. The van der Waals surface area contributed by atoms with E-state index in [1.165, 1.54) is 24.1 Å². The first-order valence-electron chi connectivity index (χ1n) is 9.13. The number of nitrogens with zero attached hydrogens (tertiary/aromatic N) is 4. The van der Waals surface area contributed by atoms with Crippen molar-refractivity contribution in [3.8, 4) is 5.75 Å². The fraction of sp³-hybridized carbons (Fsp3) is 0.238. The van der Waals surface area contributed by atoms with Crippen LogP contribution >= 0.6 is 0 Å². The van der Waals surface area contributed by atoms with Gasteiger partial charge in [-0.3, -0.25) is 14.6 Å². The van der Waals surface area contributed by atoms with Crippen LogP contribution in [0, 0.1) is 12.7 Å². The minimum Gasteiger partial charge on any atom is -0.386 e. The van der Waals surface area contributed by atoms with Gasteiger partial charge >= 0.3 is 12.1 Å². The SMILES string of the molecule is Cc1ccccc1C[N+]1=C(Oc2ccccc2F)N=C2C1C(=O)N(C)C(=O)N2C. The summed E-state index contributed by atoms with van der Waals surface area (Å²) in [5.74, 6) is -0.695. The van der Waals surface area contributed by atoms with E-state index in [1.807, 2.05) is 31.2 Å². The quantitative estimate of drug-likeness (QED) is 0.750. The summed E-state index contributed by atoms with van der Waals surface area (Å²) in [6.07, 6.45) is 0. The summed E-state index contributed by atoms with van der Waals surface area (Å²) < 4.78 is 21.6. The number of fused-ring (bicyclic) bond motifs is 1. The molecule has 0 saturated carbocycles. The molecule has 2 aliphatic heterocycles. The molecule has 29 heavy (non-hydrogen) atoms. The maximum absolute atomic E-state index is 14.2. The van der Waals surface area contributed by atoms with E-state index in [4.69, 9.17) is 4.74 Å². The first-order valence-corrected chi connectivity index (χ1v) is 9.13. The van der Waals surface area contributed by atoms with Crippen molar-refractivity contribution >= 4 is 23.8 Å². The van der Waals surface area contributed by atoms with Gasteiger partial charge in [0.1, 0.15) is 6.54 Å². The minimum absolute atomic E-state index is 0.00457. The molecule has 148 valence electrons. The normalized spacial score (nSPS) is 18.9. The van der Waals surface area contributed by atoms with Crippen LogP contribution in [0.25, 0.3) is 0 Å². The Balaban J connectivity index is 1.81. The molecule has 2 aromatic carbocycles. The highest BCUT2D eigenvalue weighted by molar-refractivity contribution is 6.22. The monoisotopic (exact) mass is 395 g/mol. The van der Waals surface area contributed by atoms with Crippen molar-refractivity contribution in [2.75, 3.05) is 14.1 Å². The van der Waals surface area contributed by atoms with Gasteiger partial charge in [0.05, 0.1) is 0 Å². The third-order valence-corrected chi connectivity index (χ3v) is 5.13. The van der Waals surface area contributed by atoms with Crippen LogP contribution in [0.4, 0.5) is 9.18 Å². The number of urea groups is 1. The van der Waals surface area contributed by atoms with Crippen molar-refractivity contribution in [3.63, 3.8) is 0 Å². The maximum Gasteiger partial charge on any atom is 0.502 e. The molecule has 0 aliphatic carbocycles. The number of hydrogen-bond acceptors (Lipinski definition) is 4. The van der Waals surface area contributed by atoms with Gasteiger partial charge in [0.25, 0.3) is 17.8 Å². The van der Waals surface area contributed by atoms with E-state index in [-0.39, 0.29) is 17.6 Å². The Bertz CT molecular complexity index is 1080. The van der Waals surface area contributed by atoms with Crippen molar-refractivity contribution in [3.05, 3.63) is 65.5 Å². The highest BCUT2D eigenvalue weighted by atomic mass is 19.1. The average Bonchev–Trinajstić information content (AvgIpc) is 3.06. The van der Waals surface area contributed by atoms with Gasteiger partial charge in [0.2, 0.25) is 0 Å². The lowest BCUT2D eigenvalue weighted by Gasteiger charge is -2.30. The van der Waals surface area contributed by atoms with E-state index < -0.39 is 23.8 Å². The highest BCUT2D eigenvalue weighted by Gasteiger charge is 2.54. The first kappa shape index (κ1) is 18.8. The molecule has 2 aromatic rings. The second-order valence-corrected chi connectivity index (χ2v) is 6.98. The maximum atomic E-state index is 14.2. The van der Waals surface area contributed by atoms with Gasteiger partial charge < -0.3 is 4.74 Å². The minimum atomic E-state index is -0.830. The van der Waals surface area contributed by atoms with Crippen LogP contribution < -0.4 is 4.74 Å². The van der Waals surface area contributed by atoms with Gasteiger partial charge in [0.15, 0.2) is 11.6 Å². The summed E-state index contributed by atoms with van der Waals surface area (Å²) in [7, 11) is 2.98. The van der Waals surface area contributed by atoms with E-state index in [9.17, 15) is 14.0 Å². The van der Waals surface area contributed by atoms with Gasteiger partial charge in [-0.25, -0.2) is 9.18 Å².